The van der Waals surface area contributed by atoms with Crippen molar-refractivity contribution in [1.82, 2.24) is 9.62 Å². The van der Waals surface area contributed by atoms with Crippen LogP contribution < -0.4 is 14.8 Å². The van der Waals surface area contributed by atoms with Crippen LogP contribution in [0.1, 0.15) is 25.7 Å². The molecule has 0 atom stereocenters. The van der Waals surface area contributed by atoms with E-state index in [2.05, 4.69) is 5.32 Å². The average molecular weight is 391 g/mol. The Morgan fingerprint density at radius 1 is 1.08 bits per heavy atom. The van der Waals surface area contributed by atoms with Crippen LogP contribution >= 0.6 is 12.4 Å². The molecule has 1 N–H and O–H groups in total. The molecule has 142 valence electrons. The number of benzene rings is 1. The van der Waals surface area contributed by atoms with Gasteiger partial charge in [-0.25, -0.2) is 8.42 Å². The second kappa shape index (κ2) is 8.58. The van der Waals surface area contributed by atoms with Gasteiger partial charge in [0.1, 0.15) is 11.5 Å². The SMILES string of the molecule is COc1cccc(OC)c1S(=O)(=O)N1CCC(NCC2CC2)CC1.Cl. The fraction of sp³-hybridized carbons (Fsp3) is 0.647. The van der Waals surface area contributed by atoms with Crippen molar-refractivity contribution in [3.8, 4) is 11.5 Å². The van der Waals surface area contributed by atoms with Crippen LogP contribution in [0.25, 0.3) is 0 Å². The predicted octanol–water partition coefficient (Wildman–Crippen LogP) is 2.28. The van der Waals surface area contributed by atoms with Gasteiger partial charge < -0.3 is 14.8 Å². The highest BCUT2D eigenvalue weighted by Gasteiger charge is 2.34. The van der Waals surface area contributed by atoms with Crippen molar-refractivity contribution < 1.29 is 17.9 Å². The van der Waals surface area contributed by atoms with Gasteiger partial charge in [-0.2, -0.15) is 4.31 Å². The molecular weight excluding hydrogens is 364 g/mol. The Kier molecular flexibility index (Phi) is 6.96. The van der Waals surface area contributed by atoms with E-state index in [-0.39, 0.29) is 17.3 Å². The largest absolute Gasteiger partial charge is 0.495 e. The predicted molar refractivity (Wildman–Crippen MR) is 99.3 cm³/mol. The molecule has 1 heterocycles. The molecule has 0 aromatic heterocycles. The van der Waals surface area contributed by atoms with Gasteiger partial charge in [0.25, 0.3) is 0 Å². The summed E-state index contributed by atoms with van der Waals surface area (Å²) < 4.78 is 38.2. The van der Waals surface area contributed by atoms with Crippen LogP contribution in [0.3, 0.4) is 0 Å². The standard InChI is InChI=1S/C17H26N2O4S.ClH/c1-22-15-4-3-5-16(23-2)17(15)24(20,21)19-10-8-14(9-11-19)18-12-13-6-7-13;/h3-5,13-14,18H,6-12H2,1-2H3;1H. The summed E-state index contributed by atoms with van der Waals surface area (Å²) in [6.45, 7) is 2.11. The number of ether oxygens (including phenoxy) is 2. The number of rotatable bonds is 7. The summed E-state index contributed by atoms with van der Waals surface area (Å²) in [4.78, 5) is 0.124. The maximum atomic E-state index is 13.1. The zero-order valence-corrected chi connectivity index (χ0v) is 16.4. The number of hydrogen-bond acceptors (Lipinski definition) is 5. The van der Waals surface area contributed by atoms with E-state index in [9.17, 15) is 8.42 Å². The number of methoxy groups -OCH3 is 2. The highest BCUT2D eigenvalue weighted by atomic mass is 35.5. The van der Waals surface area contributed by atoms with Gasteiger partial charge in [0.2, 0.25) is 10.0 Å². The molecule has 6 nitrogen and oxygen atoms in total. The number of nitrogens with one attached hydrogen (secondary N) is 1. The number of nitrogens with zero attached hydrogens (tertiary/aromatic N) is 1. The Labute approximate surface area is 156 Å². The molecule has 8 heteroatoms. The molecular formula is C17H27ClN2O4S. The van der Waals surface area contributed by atoms with Crippen molar-refractivity contribution in [2.24, 2.45) is 5.92 Å². The lowest BCUT2D eigenvalue weighted by Gasteiger charge is -2.32. The number of hydrogen-bond donors (Lipinski definition) is 1. The maximum Gasteiger partial charge on any atom is 0.250 e. The van der Waals surface area contributed by atoms with Crippen molar-refractivity contribution in [1.29, 1.82) is 0 Å². The zero-order valence-electron chi connectivity index (χ0n) is 14.7. The fourth-order valence-electron chi connectivity index (χ4n) is 3.16. The molecule has 1 aliphatic heterocycles. The number of sulfonamides is 1. The van der Waals surface area contributed by atoms with Crippen LogP contribution in [0.5, 0.6) is 11.5 Å². The summed E-state index contributed by atoms with van der Waals surface area (Å²) in [7, 11) is -0.686. The lowest BCUT2D eigenvalue weighted by molar-refractivity contribution is 0.285. The third-order valence-corrected chi connectivity index (χ3v) is 6.79. The van der Waals surface area contributed by atoms with Crippen LogP contribution in [0.4, 0.5) is 0 Å². The second-order valence-electron chi connectivity index (χ2n) is 6.52. The number of halogens is 1. The van der Waals surface area contributed by atoms with E-state index < -0.39 is 10.0 Å². The molecule has 1 aromatic rings. The minimum Gasteiger partial charge on any atom is -0.495 e. The fourth-order valence-corrected chi connectivity index (χ4v) is 4.92. The lowest BCUT2D eigenvalue weighted by atomic mass is 10.1. The zero-order chi connectivity index (χ0) is 17.2. The van der Waals surface area contributed by atoms with E-state index in [0.717, 1.165) is 25.3 Å². The van der Waals surface area contributed by atoms with E-state index >= 15 is 0 Å². The Hall–Kier alpha value is -1.02. The van der Waals surface area contributed by atoms with Crippen molar-refractivity contribution >= 4 is 22.4 Å². The van der Waals surface area contributed by atoms with Gasteiger partial charge in [0.15, 0.2) is 4.90 Å². The third-order valence-electron chi connectivity index (χ3n) is 4.83. The van der Waals surface area contributed by atoms with Gasteiger partial charge in [0.05, 0.1) is 14.2 Å². The molecule has 0 radical (unpaired) electrons. The molecule has 1 aromatic carbocycles. The molecule has 0 amide bonds. The second-order valence-corrected chi connectivity index (χ2v) is 8.40. The molecule has 3 rings (SSSR count). The Bertz CT molecular complexity index is 649. The van der Waals surface area contributed by atoms with Crippen molar-refractivity contribution in [3.63, 3.8) is 0 Å². The molecule has 2 fully saturated rings. The van der Waals surface area contributed by atoms with Crippen LogP contribution in [0.2, 0.25) is 0 Å². The van der Waals surface area contributed by atoms with Crippen LogP contribution in [-0.2, 0) is 10.0 Å². The minimum atomic E-state index is -3.63. The molecule has 1 aliphatic carbocycles. The van der Waals surface area contributed by atoms with E-state index in [1.807, 2.05) is 0 Å². The first-order chi connectivity index (χ1) is 11.6. The minimum absolute atomic E-state index is 0. The Balaban J connectivity index is 0.00000225. The number of piperidine rings is 1. The maximum absolute atomic E-state index is 13.1. The van der Waals surface area contributed by atoms with Crippen molar-refractivity contribution in [2.75, 3.05) is 33.9 Å². The monoisotopic (exact) mass is 390 g/mol. The molecule has 1 saturated carbocycles. The van der Waals surface area contributed by atoms with Crippen molar-refractivity contribution in [2.45, 2.75) is 36.6 Å². The first-order valence-corrected chi connectivity index (χ1v) is 9.94. The topological polar surface area (TPSA) is 67.9 Å². The normalized spacial score (nSPS) is 19.3. The quantitative estimate of drug-likeness (QED) is 0.773. The van der Waals surface area contributed by atoms with Crippen LogP contribution in [0.15, 0.2) is 23.1 Å². The molecule has 0 unspecified atom stereocenters. The molecule has 25 heavy (non-hydrogen) atoms. The summed E-state index contributed by atoms with van der Waals surface area (Å²) in [5.74, 6) is 1.48. The van der Waals surface area contributed by atoms with E-state index in [1.54, 1.807) is 22.5 Å². The van der Waals surface area contributed by atoms with Gasteiger partial charge in [-0.05, 0) is 50.3 Å². The van der Waals surface area contributed by atoms with Crippen molar-refractivity contribution in [3.05, 3.63) is 18.2 Å². The van der Waals surface area contributed by atoms with Gasteiger partial charge in [-0.3, -0.25) is 0 Å². The van der Waals surface area contributed by atoms with E-state index in [0.29, 0.717) is 30.6 Å². The van der Waals surface area contributed by atoms with E-state index in [4.69, 9.17) is 9.47 Å². The molecule has 0 bridgehead atoms. The lowest BCUT2D eigenvalue weighted by Crippen LogP contribution is -2.45. The van der Waals surface area contributed by atoms with E-state index in [1.165, 1.54) is 27.1 Å². The average Bonchev–Trinajstić information content (AvgIpc) is 3.44. The summed E-state index contributed by atoms with van der Waals surface area (Å²) in [6, 6.07) is 5.44. The molecule has 2 aliphatic rings. The highest BCUT2D eigenvalue weighted by Crippen LogP contribution is 2.36. The summed E-state index contributed by atoms with van der Waals surface area (Å²) >= 11 is 0. The van der Waals surface area contributed by atoms with Gasteiger partial charge in [-0.1, -0.05) is 6.07 Å². The third kappa shape index (κ3) is 4.58. The highest BCUT2D eigenvalue weighted by molar-refractivity contribution is 7.89. The summed E-state index contributed by atoms with van der Waals surface area (Å²) in [5.41, 5.74) is 0. The molecule has 0 spiro atoms. The Morgan fingerprint density at radius 3 is 2.12 bits per heavy atom. The first-order valence-electron chi connectivity index (χ1n) is 8.50. The summed E-state index contributed by atoms with van der Waals surface area (Å²) in [5, 5.41) is 3.57. The van der Waals surface area contributed by atoms with Crippen LogP contribution in [-0.4, -0.2) is 52.6 Å². The van der Waals surface area contributed by atoms with Gasteiger partial charge in [0, 0.05) is 19.1 Å². The first kappa shape index (κ1) is 20.3. The van der Waals surface area contributed by atoms with Gasteiger partial charge in [-0.15, -0.1) is 12.4 Å². The molecule has 1 saturated heterocycles. The summed E-state index contributed by atoms with van der Waals surface area (Å²) in [6.07, 6.45) is 4.33. The smallest absolute Gasteiger partial charge is 0.250 e. The van der Waals surface area contributed by atoms with Gasteiger partial charge >= 0.3 is 0 Å². The Morgan fingerprint density at radius 2 is 1.64 bits per heavy atom. The van der Waals surface area contributed by atoms with Crippen LogP contribution in [0, 0.1) is 5.92 Å².